The minimum Gasteiger partial charge on any atom is -0.357 e. The first-order valence-corrected chi connectivity index (χ1v) is 9.65. The molecule has 1 aromatic heterocycles. The topological polar surface area (TPSA) is 52.6 Å². The molecule has 1 unspecified atom stereocenters. The maximum absolute atomic E-state index is 4.64. The number of thiazole rings is 1. The zero-order valence-electron chi connectivity index (χ0n) is 15.2. The van der Waals surface area contributed by atoms with Crippen molar-refractivity contribution in [1.29, 1.82) is 0 Å². The molecule has 0 aliphatic carbocycles. The van der Waals surface area contributed by atoms with E-state index in [1.165, 1.54) is 43.8 Å². The van der Waals surface area contributed by atoms with Crippen LogP contribution in [0.5, 0.6) is 0 Å². The molecule has 0 radical (unpaired) electrons. The van der Waals surface area contributed by atoms with Crippen molar-refractivity contribution >= 4 is 41.3 Å². The van der Waals surface area contributed by atoms with E-state index in [1.807, 2.05) is 6.20 Å². The predicted octanol–water partition coefficient (Wildman–Crippen LogP) is 3.25. The van der Waals surface area contributed by atoms with E-state index in [-0.39, 0.29) is 24.0 Å². The number of guanidine groups is 1. The second-order valence-electron chi connectivity index (χ2n) is 6.41. The van der Waals surface area contributed by atoms with Crippen molar-refractivity contribution < 1.29 is 0 Å². The van der Waals surface area contributed by atoms with Gasteiger partial charge in [0.2, 0.25) is 0 Å². The van der Waals surface area contributed by atoms with Crippen LogP contribution in [0.3, 0.4) is 0 Å². The van der Waals surface area contributed by atoms with E-state index in [4.69, 9.17) is 0 Å². The Labute approximate surface area is 167 Å². The highest BCUT2D eigenvalue weighted by Crippen LogP contribution is 2.12. The van der Waals surface area contributed by atoms with Gasteiger partial charge in [0.15, 0.2) is 5.96 Å². The average Bonchev–Trinajstić information content (AvgIpc) is 2.96. The van der Waals surface area contributed by atoms with Crippen molar-refractivity contribution in [3.8, 4) is 0 Å². The molecule has 0 amide bonds. The van der Waals surface area contributed by atoms with Crippen molar-refractivity contribution in [1.82, 2.24) is 20.5 Å². The predicted molar refractivity (Wildman–Crippen MR) is 115 cm³/mol. The van der Waals surface area contributed by atoms with Crippen molar-refractivity contribution in [2.45, 2.75) is 46.6 Å². The molecule has 1 atom stereocenters. The quantitative estimate of drug-likeness (QED) is 0.369. The minimum absolute atomic E-state index is 0. The van der Waals surface area contributed by atoms with Crippen molar-refractivity contribution in [3.63, 3.8) is 0 Å². The molecule has 1 aliphatic rings. The van der Waals surface area contributed by atoms with Crippen LogP contribution in [0, 0.1) is 12.8 Å². The first-order valence-electron chi connectivity index (χ1n) is 8.83. The molecule has 7 heteroatoms. The SMILES string of the molecule is CCNC(=NCc1ncc(C)s1)NCC(C)CN1CCCCC1.I. The van der Waals surface area contributed by atoms with Gasteiger partial charge in [-0.3, -0.25) is 0 Å². The summed E-state index contributed by atoms with van der Waals surface area (Å²) in [5.41, 5.74) is 0. The summed E-state index contributed by atoms with van der Waals surface area (Å²) in [5.74, 6) is 1.52. The molecule has 1 aromatic rings. The third-order valence-electron chi connectivity index (χ3n) is 4.02. The minimum atomic E-state index is 0. The van der Waals surface area contributed by atoms with Gasteiger partial charge in [-0.1, -0.05) is 13.3 Å². The molecule has 1 saturated heterocycles. The van der Waals surface area contributed by atoms with Crippen molar-refractivity contribution in [2.24, 2.45) is 10.9 Å². The third-order valence-corrected chi connectivity index (χ3v) is 4.92. The van der Waals surface area contributed by atoms with E-state index in [9.17, 15) is 0 Å². The lowest BCUT2D eigenvalue weighted by Crippen LogP contribution is -2.42. The number of piperidine rings is 1. The molecule has 2 rings (SSSR count). The summed E-state index contributed by atoms with van der Waals surface area (Å²) in [6, 6.07) is 0. The van der Waals surface area contributed by atoms with E-state index in [0.717, 1.165) is 24.1 Å². The number of halogens is 1. The normalized spacial score (nSPS) is 17.2. The van der Waals surface area contributed by atoms with Crippen LogP contribution in [0.15, 0.2) is 11.2 Å². The maximum Gasteiger partial charge on any atom is 0.191 e. The first-order chi connectivity index (χ1) is 11.2. The van der Waals surface area contributed by atoms with Gasteiger partial charge >= 0.3 is 0 Å². The Morgan fingerprint density at radius 3 is 2.71 bits per heavy atom. The van der Waals surface area contributed by atoms with Crippen LogP contribution >= 0.6 is 35.3 Å². The molecule has 0 spiro atoms. The van der Waals surface area contributed by atoms with Gasteiger partial charge in [-0.05, 0) is 45.7 Å². The van der Waals surface area contributed by atoms with Crippen LogP contribution in [-0.4, -0.2) is 48.6 Å². The monoisotopic (exact) mass is 465 g/mol. The molecule has 2 heterocycles. The molecule has 138 valence electrons. The Bertz CT molecular complexity index is 485. The van der Waals surface area contributed by atoms with Gasteiger partial charge in [-0.15, -0.1) is 35.3 Å². The highest BCUT2D eigenvalue weighted by atomic mass is 127. The Kier molecular flexibility index (Phi) is 10.8. The summed E-state index contributed by atoms with van der Waals surface area (Å²) in [6.45, 7) is 12.7. The lowest BCUT2D eigenvalue weighted by atomic mass is 10.1. The number of nitrogens with one attached hydrogen (secondary N) is 2. The first kappa shape index (κ1) is 21.6. The number of likely N-dealkylation sites (tertiary alicyclic amines) is 1. The Balaban J connectivity index is 0.00000288. The standard InChI is InChI=1S/C17H31N5S.HI/c1-4-18-17(21-12-16-19-11-15(3)23-16)20-10-14(2)13-22-8-6-5-7-9-22;/h11,14H,4-10,12-13H2,1-3H3,(H2,18,20,21);1H. The molecule has 0 aromatic carbocycles. The molecule has 0 bridgehead atoms. The van der Waals surface area contributed by atoms with Crippen LogP contribution in [-0.2, 0) is 6.54 Å². The number of rotatable bonds is 7. The highest BCUT2D eigenvalue weighted by Gasteiger charge is 2.13. The smallest absolute Gasteiger partial charge is 0.191 e. The van der Waals surface area contributed by atoms with Crippen LogP contribution < -0.4 is 10.6 Å². The van der Waals surface area contributed by atoms with Gasteiger partial charge in [-0.25, -0.2) is 9.98 Å². The van der Waals surface area contributed by atoms with Gasteiger partial charge in [0, 0.05) is 30.7 Å². The zero-order chi connectivity index (χ0) is 16.5. The average molecular weight is 465 g/mol. The number of hydrogen-bond donors (Lipinski definition) is 2. The molecular weight excluding hydrogens is 433 g/mol. The van der Waals surface area contributed by atoms with E-state index in [1.54, 1.807) is 11.3 Å². The summed E-state index contributed by atoms with van der Waals surface area (Å²) >= 11 is 1.72. The van der Waals surface area contributed by atoms with Gasteiger partial charge in [0.25, 0.3) is 0 Å². The van der Waals surface area contributed by atoms with Gasteiger partial charge in [0.05, 0.1) is 6.54 Å². The van der Waals surface area contributed by atoms with Gasteiger partial charge in [-0.2, -0.15) is 0 Å². The summed E-state index contributed by atoms with van der Waals surface area (Å²) in [6.07, 6.45) is 6.03. The van der Waals surface area contributed by atoms with Crippen molar-refractivity contribution in [3.05, 3.63) is 16.1 Å². The Morgan fingerprint density at radius 1 is 1.33 bits per heavy atom. The Hall–Kier alpha value is -0.410. The van der Waals surface area contributed by atoms with E-state index < -0.39 is 0 Å². The van der Waals surface area contributed by atoms with Crippen LogP contribution in [0.1, 0.15) is 43.0 Å². The maximum atomic E-state index is 4.64. The summed E-state index contributed by atoms with van der Waals surface area (Å²) in [4.78, 5) is 12.8. The lowest BCUT2D eigenvalue weighted by Gasteiger charge is -2.29. The molecule has 5 nitrogen and oxygen atoms in total. The Morgan fingerprint density at radius 2 is 2.08 bits per heavy atom. The number of hydrogen-bond acceptors (Lipinski definition) is 4. The number of aryl methyl sites for hydroxylation is 1. The zero-order valence-corrected chi connectivity index (χ0v) is 18.3. The number of aromatic nitrogens is 1. The molecule has 1 aliphatic heterocycles. The second kappa shape index (κ2) is 12.0. The number of nitrogens with zero attached hydrogens (tertiary/aromatic N) is 3. The van der Waals surface area contributed by atoms with Crippen LogP contribution in [0.25, 0.3) is 0 Å². The third kappa shape index (κ3) is 8.11. The molecular formula is C17H32IN5S. The fourth-order valence-corrected chi connectivity index (χ4v) is 3.59. The van der Waals surface area contributed by atoms with Crippen molar-refractivity contribution in [2.75, 3.05) is 32.7 Å². The highest BCUT2D eigenvalue weighted by molar-refractivity contribution is 14.0. The molecule has 2 N–H and O–H groups in total. The van der Waals surface area contributed by atoms with Crippen LogP contribution in [0.4, 0.5) is 0 Å². The summed E-state index contributed by atoms with van der Waals surface area (Å²) in [5, 5.41) is 7.87. The van der Waals surface area contributed by atoms with Gasteiger partial charge in [0.1, 0.15) is 5.01 Å². The van der Waals surface area contributed by atoms with Crippen LogP contribution in [0.2, 0.25) is 0 Å². The van der Waals surface area contributed by atoms with E-state index in [0.29, 0.717) is 12.5 Å². The summed E-state index contributed by atoms with van der Waals surface area (Å²) in [7, 11) is 0. The molecule has 1 fully saturated rings. The largest absolute Gasteiger partial charge is 0.357 e. The van der Waals surface area contributed by atoms with E-state index in [2.05, 4.69) is 46.3 Å². The van der Waals surface area contributed by atoms with Gasteiger partial charge < -0.3 is 15.5 Å². The van der Waals surface area contributed by atoms with E-state index >= 15 is 0 Å². The second-order valence-corrected chi connectivity index (χ2v) is 7.73. The number of aliphatic imine (C=N–C) groups is 1. The summed E-state index contributed by atoms with van der Waals surface area (Å²) < 4.78 is 0. The lowest BCUT2D eigenvalue weighted by molar-refractivity contribution is 0.201. The fraction of sp³-hybridized carbons (Fsp3) is 0.765. The molecule has 24 heavy (non-hydrogen) atoms. The molecule has 0 saturated carbocycles. The fourth-order valence-electron chi connectivity index (χ4n) is 2.88.